The van der Waals surface area contributed by atoms with E-state index in [9.17, 15) is 9.59 Å². The van der Waals surface area contributed by atoms with E-state index in [1.54, 1.807) is 17.0 Å². The van der Waals surface area contributed by atoms with Crippen LogP contribution in [-0.4, -0.2) is 40.6 Å². The maximum absolute atomic E-state index is 13.4. The molecule has 4 rings (SSSR count). The standard InChI is InChI=1S/C28H28ClNO4/c1-28(18-21-6-3-2-4-7-21)19-23-17-22(10-11-25(23)34-28)27(33)30(15-13-26(31)32)14-12-20-8-5-9-24(29)16-20/h2-11,16-17H,12-15,18-19H2,1H3,(H,31,32)/t28-/m0/s1. The van der Waals surface area contributed by atoms with Gasteiger partial charge in [-0.15, -0.1) is 0 Å². The molecular weight excluding hydrogens is 450 g/mol. The van der Waals surface area contributed by atoms with Crippen molar-refractivity contribution in [2.45, 2.75) is 38.2 Å². The minimum Gasteiger partial charge on any atom is -0.487 e. The molecule has 0 unspecified atom stereocenters. The second-order valence-corrected chi connectivity index (χ2v) is 9.47. The summed E-state index contributed by atoms with van der Waals surface area (Å²) in [6, 6.07) is 23.2. The fourth-order valence-electron chi connectivity index (χ4n) is 4.47. The molecule has 3 aromatic carbocycles. The first-order valence-corrected chi connectivity index (χ1v) is 11.8. The molecule has 0 radical (unpaired) electrons. The van der Waals surface area contributed by atoms with Crippen LogP contribution in [-0.2, 0) is 24.1 Å². The Kier molecular flexibility index (Phi) is 7.23. The number of ether oxygens (including phenoxy) is 1. The first kappa shape index (κ1) is 23.8. The van der Waals surface area contributed by atoms with Crippen LogP contribution in [0.15, 0.2) is 72.8 Å². The number of fused-ring (bicyclic) bond motifs is 1. The third-order valence-corrected chi connectivity index (χ3v) is 6.33. The van der Waals surface area contributed by atoms with Crippen molar-refractivity contribution >= 4 is 23.5 Å². The van der Waals surface area contributed by atoms with E-state index in [2.05, 4.69) is 19.1 Å². The van der Waals surface area contributed by atoms with Gasteiger partial charge >= 0.3 is 5.97 Å². The third-order valence-electron chi connectivity index (χ3n) is 6.09. The average molecular weight is 478 g/mol. The summed E-state index contributed by atoms with van der Waals surface area (Å²) in [7, 11) is 0. The molecule has 1 amide bonds. The van der Waals surface area contributed by atoms with E-state index in [0.29, 0.717) is 30.0 Å². The van der Waals surface area contributed by atoms with E-state index in [1.165, 1.54) is 5.56 Å². The lowest BCUT2D eigenvalue weighted by molar-refractivity contribution is -0.137. The zero-order chi connectivity index (χ0) is 24.1. The van der Waals surface area contributed by atoms with E-state index in [-0.39, 0.29) is 24.5 Å². The molecule has 1 N–H and O–H groups in total. The van der Waals surface area contributed by atoms with Crippen molar-refractivity contribution in [2.24, 2.45) is 0 Å². The quantitative estimate of drug-likeness (QED) is 0.446. The van der Waals surface area contributed by atoms with Gasteiger partial charge in [0.25, 0.3) is 5.91 Å². The van der Waals surface area contributed by atoms with Crippen LogP contribution in [0.3, 0.4) is 0 Å². The molecule has 0 aliphatic carbocycles. The first-order chi connectivity index (χ1) is 16.3. The fourth-order valence-corrected chi connectivity index (χ4v) is 4.68. The summed E-state index contributed by atoms with van der Waals surface area (Å²) >= 11 is 6.08. The second kappa shape index (κ2) is 10.3. The van der Waals surface area contributed by atoms with Crippen molar-refractivity contribution in [2.75, 3.05) is 13.1 Å². The maximum Gasteiger partial charge on any atom is 0.305 e. The maximum atomic E-state index is 13.4. The van der Waals surface area contributed by atoms with Crippen LogP contribution < -0.4 is 4.74 Å². The summed E-state index contributed by atoms with van der Waals surface area (Å²) in [5, 5.41) is 9.81. The number of carbonyl (C=O) groups excluding carboxylic acids is 1. The van der Waals surface area contributed by atoms with Crippen molar-refractivity contribution in [3.05, 3.63) is 100 Å². The Morgan fingerprint density at radius 2 is 1.76 bits per heavy atom. The predicted octanol–water partition coefficient (Wildman–Crippen LogP) is 5.44. The number of benzene rings is 3. The van der Waals surface area contributed by atoms with Crippen LogP contribution >= 0.6 is 11.6 Å². The summed E-state index contributed by atoms with van der Waals surface area (Å²) in [4.78, 5) is 26.2. The molecule has 176 valence electrons. The zero-order valence-electron chi connectivity index (χ0n) is 19.2. The zero-order valence-corrected chi connectivity index (χ0v) is 19.9. The molecule has 1 atom stereocenters. The largest absolute Gasteiger partial charge is 0.487 e. The van der Waals surface area contributed by atoms with Gasteiger partial charge in [-0.1, -0.05) is 54.1 Å². The molecule has 3 aromatic rings. The number of hydrogen-bond acceptors (Lipinski definition) is 3. The number of nitrogens with zero attached hydrogens (tertiary/aromatic N) is 1. The Hall–Kier alpha value is -3.31. The Morgan fingerprint density at radius 1 is 1.00 bits per heavy atom. The van der Waals surface area contributed by atoms with Crippen molar-refractivity contribution in [1.29, 1.82) is 0 Å². The molecule has 1 aliphatic rings. The molecule has 0 bridgehead atoms. The van der Waals surface area contributed by atoms with Gasteiger partial charge in [0.15, 0.2) is 0 Å². The highest BCUT2D eigenvalue weighted by Crippen LogP contribution is 2.37. The molecule has 5 nitrogen and oxygen atoms in total. The van der Waals surface area contributed by atoms with Gasteiger partial charge in [-0.05, 0) is 60.4 Å². The first-order valence-electron chi connectivity index (χ1n) is 11.4. The summed E-state index contributed by atoms with van der Waals surface area (Å²) in [5.74, 6) is -0.312. The van der Waals surface area contributed by atoms with Crippen LogP contribution in [0.25, 0.3) is 0 Å². The summed E-state index contributed by atoms with van der Waals surface area (Å²) in [6.45, 7) is 2.64. The van der Waals surface area contributed by atoms with E-state index in [1.807, 2.05) is 48.5 Å². The molecule has 0 fully saturated rings. The number of carboxylic acid groups (broad SMARTS) is 1. The van der Waals surface area contributed by atoms with Crippen molar-refractivity contribution < 1.29 is 19.4 Å². The molecule has 6 heteroatoms. The van der Waals surface area contributed by atoms with Gasteiger partial charge in [0.2, 0.25) is 0 Å². The van der Waals surface area contributed by atoms with Crippen molar-refractivity contribution in [3.8, 4) is 5.75 Å². The van der Waals surface area contributed by atoms with Gasteiger partial charge in [0, 0.05) is 36.5 Å². The predicted molar refractivity (Wildman–Crippen MR) is 133 cm³/mol. The number of carbonyl (C=O) groups is 2. The van der Waals surface area contributed by atoms with Crippen molar-refractivity contribution in [1.82, 2.24) is 4.90 Å². The Labute approximate surface area is 204 Å². The minimum atomic E-state index is -0.931. The average Bonchev–Trinajstić information content (AvgIpc) is 3.14. The monoisotopic (exact) mass is 477 g/mol. The molecule has 0 saturated heterocycles. The van der Waals surface area contributed by atoms with Gasteiger partial charge in [0.1, 0.15) is 11.4 Å². The highest BCUT2D eigenvalue weighted by atomic mass is 35.5. The van der Waals surface area contributed by atoms with Gasteiger partial charge < -0.3 is 14.7 Å². The number of halogens is 1. The SMILES string of the molecule is C[C@]1(Cc2ccccc2)Cc2cc(C(=O)N(CCC(=O)O)CCc3cccc(Cl)c3)ccc2O1. The molecule has 0 saturated carbocycles. The van der Waals surface area contributed by atoms with E-state index < -0.39 is 5.97 Å². The van der Waals surface area contributed by atoms with Crippen molar-refractivity contribution in [3.63, 3.8) is 0 Å². The van der Waals surface area contributed by atoms with Crippen LogP contribution in [0.1, 0.15) is 40.4 Å². The minimum absolute atomic E-state index is 0.107. The van der Waals surface area contributed by atoms with Crippen LogP contribution in [0.5, 0.6) is 5.75 Å². The van der Waals surface area contributed by atoms with E-state index >= 15 is 0 Å². The highest BCUT2D eigenvalue weighted by molar-refractivity contribution is 6.30. The molecule has 0 aromatic heterocycles. The van der Waals surface area contributed by atoms with Gasteiger partial charge in [-0.2, -0.15) is 0 Å². The van der Waals surface area contributed by atoms with Crippen LogP contribution in [0, 0.1) is 0 Å². The smallest absolute Gasteiger partial charge is 0.305 e. The molecule has 0 spiro atoms. The van der Waals surface area contributed by atoms with Gasteiger partial charge in [-0.25, -0.2) is 0 Å². The highest BCUT2D eigenvalue weighted by Gasteiger charge is 2.35. The fraction of sp³-hybridized carbons (Fsp3) is 0.286. The lowest BCUT2D eigenvalue weighted by atomic mass is 9.91. The van der Waals surface area contributed by atoms with Gasteiger partial charge in [0.05, 0.1) is 6.42 Å². The number of amides is 1. The molecule has 1 aliphatic heterocycles. The van der Waals surface area contributed by atoms with Gasteiger partial charge in [-0.3, -0.25) is 9.59 Å². The third kappa shape index (κ3) is 5.97. The Bertz CT molecular complexity index is 1180. The lowest BCUT2D eigenvalue weighted by Crippen LogP contribution is -2.35. The summed E-state index contributed by atoms with van der Waals surface area (Å²) < 4.78 is 6.27. The normalized spacial score (nSPS) is 16.5. The summed E-state index contributed by atoms with van der Waals surface area (Å²) in [5.41, 5.74) is 3.37. The molecule has 1 heterocycles. The number of rotatable bonds is 9. The number of carboxylic acids is 1. The Morgan fingerprint density at radius 3 is 2.50 bits per heavy atom. The second-order valence-electron chi connectivity index (χ2n) is 9.03. The number of aliphatic carboxylic acids is 1. The molecular formula is C28H28ClNO4. The lowest BCUT2D eigenvalue weighted by Gasteiger charge is -2.24. The molecule has 34 heavy (non-hydrogen) atoms. The Balaban J connectivity index is 1.48. The van der Waals surface area contributed by atoms with E-state index in [4.69, 9.17) is 21.4 Å². The van der Waals surface area contributed by atoms with Crippen LogP contribution in [0.2, 0.25) is 5.02 Å². The number of hydrogen-bond donors (Lipinski definition) is 1. The van der Waals surface area contributed by atoms with E-state index in [0.717, 1.165) is 23.3 Å². The topological polar surface area (TPSA) is 66.8 Å². The summed E-state index contributed by atoms with van der Waals surface area (Å²) in [6.07, 6.45) is 1.96. The van der Waals surface area contributed by atoms with Crippen LogP contribution in [0.4, 0.5) is 0 Å².